The van der Waals surface area contributed by atoms with Crippen LogP contribution in [0.1, 0.15) is 0 Å². The number of halogens is 2. The van der Waals surface area contributed by atoms with Gasteiger partial charge in [-0.05, 0) is 18.2 Å². The van der Waals surface area contributed by atoms with Gasteiger partial charge in [0.15, 0.2) is 0 Å². The summed E-state index contributed by atoms with van der Waals surface area (Å²) in [5.74, 6) is -0.184. The third-order valence-electron chi connectivity index (χ3n) is 1.38. The SMILES string of the molecule is O=C(Nc1cccc(F)c1)OCCCl. The van der Waals surface area contributed by atoms with E-state index >= 15 is 0 Å². The van der Waals surface area contributed by atoms with Crippen molar-refractivity contribution < 1.29 is 13.9 Å². The van der Waals surface area contributed by atoms with E-state index in [0.717, 1.165) is 0 Å². The number of carbonyl (C=O) groups is 1. The Morgan fingerprint density at radius 3 is 3.00 bits per heavy atom. The Morgan fingerprint density at radius 1 is 1.57 bits per heavy atom. The van der Waals surface area contributed by atoms with Gasteiger partial charge >= 0.3 is 6.09 Å². The van der Waals surface area contributed by atoms with Gasteiger partial charge in [-0.3, -0.25) is 5.32 Å². The normalized spacial score (nSPS) is 9.57. The van der Waals surface area contributed by atoms with Crippen LogP contribution in [0.2, 0.25) is 0 Å². The van der Waals surface area contributed by atoms with Crippen LogP contribution < -0.4 is 5.32 Å². The summed E-state index contributed by atoms with van der Waals surface area (Å²) in [5, 5.41) is 2.36. The molecule has 0 aromatic heterocycles. The zero-order chi connectivity index (χ0) is 10.4. The molecule has 1 amide bonds. The monoisotopic (exact) mass is 217 g/mol. The van der Waals surface area contributed by atoms with Gasteiger partial charge < -0.3 is 4.74 Å². The van der Waals surface area contributed by atoms with Gasteiger partial charge in [0.2, 0.25) is 0 Å². The van der Waals surface area contributed by atoms with Crippen molar-refractivity contribution in [3.63, 3.8) is 0 Å². The number of anilines is 1. The molecule has 3 nitrogen and oxygen atoms in total. The molecule has 1 rings (SSSR count). The molecule has 5 heteroatoms. The molecule has 0 spiro atoms. The lowest BCUT2D eigenvalue weighted by atomic mass is 10.3. The summed E-state index contributed by atoms with van der Waals surface area (Å²) in [6.45, 7) is 0.128. The highest BCUT2D eigenvalue weighted by atomic mass is 35.5. The number of amides is 1. The highest BCUT2D eigenvalue weighted by molar-refractivity contribution is 6.18. The van der Waals surface area contributed by atoms with Gasteiger partial charge in [0.1, 0.15) is 12.4 Å². The molecular formula is C9H9ClFNO2. The third kappa shape index (κ3) is 3.62. The molecule has 0 atom stereocenters. The van der Waals surface area contributed by atoms with E-state index in [-0.39, 0.29) is 12.5 Å². The van der Waals surface area contributed by atoms with Crippen molar-refractivity contribution in [1.82, 2.24) is 0 Å². The smallest absolute Gasteiger partial charge is 0.411 e. The molecule has 14 heavy (non-hydrogen) atoms. The summed E-state index contributed by atoms with van der Waals surface area (Å²) >= 11 is 5.31. The number of ether oxygens (including phenoxy) is 1. The molecule has 0 aliphatic carbocycles. The van der Waals surface area contributed by atoms with E-state index in [0.29, 0.717) is 5.69 Å². The molecule has 0 saturated heterocycles. The maximum atomic E-state index is 12.7. The van der Waals surface area contributed by atoms with E-state index in [1.54, 1.807) is 6.07 Å². The molecule has 0 fully saturated rings. The highest BCUT2D eigenvalue weighted by Gasteiger charge is 2.02. The van der Waals surface area contributed by atoms with Crippen molar-refractivity contribution in [3.8, 4) is 0 Å². The van der Waals surface area contributed by atoms with Crippen molar-refractivity contribution in [2.45, 2.75) is 0 Å². The van der Waals surface area contributed by atoms with Gasteiger partial charge in [0, 0.05) is 5.69 Å². The van der Waals surface area contributed by atoms with Crippen LogP contribution in [-0.4, -0.2) is 18.6 Å². The number of hydrogen-bond acceptors (Lipinski definition) is 2. The summed E-state index contributed by atoms with van der Waals surface area (Å²) in [7, 11) is 0. The lowest BCUT2D eigenvalue weighted by Crippen LogP contribution is -2.14. The van der Waals surface area contributed by atoms with Crippen LogP contribution in [0, 0.1) is 5.82 Å². The molecule has 0 aliphatic rings. The van der Waals surface area contributed by atoms with Crippen molar-refractivity contribution in [2.24, 2.45) is 0 Å². The number of carbonyl (C=O) groups excluding carboxylic acids is 1. The number of benzene rings is 1. The molecule has 1 aromatic carbocycles. The van der Waals surface area contributed by atoms with Gasteiger partial charge in [0.05, 0.1) is 5.88 Å². The lowest BCUT2D eigenvalue weighted by Gasteiger charge is -2.04. The summed E-state index contributed by atoms with van der Waals surface area (Å²) in [4.78, 5) is 11.0. The molecule has 1 aromatic rings. The number of rotatable bonds is 3. The molecule has 0 unspecified atom stereocenters. The van der Waals surface area contributed by atoms with Crippen LogP contribution in [0.3, 0.4) is 0 Å². The molecule has 1 N–H and O–H groups in total. The molecule has 0 bridgehead atoms. The number of nitrogens with one attached hydrogen (secondary N) is 1. The van der Waals surface area contributed by atoms with Crippen LogP contribution >= 0.6 is 11.6 Å². The zero-order valence-electron chi connectivity index (χ0n) is 7.30. The van der Waals surface area contributed by atoms with Gasteiger partial charge in [-0.25, -0.2) is 9.18 Å². The van der Waals surface area contributed by atoms with Crippen molar-refractivity contribution in [1.29, 1.82) is 0 Å². The van der Waals surface area contributed by atoms with E-state index in [9.17, 15) is 9.18 Å². The Labute approximate surface area is 85.8 Å². The Morgan fingerprint density at radius 2 is 2.36 bits per heavy atom. The highest BCUT2D eigenvalue weighted by Crippen LogP contribution is 2.09. The molecule has 0 heterocycles. The topological polar surface area (TPSA) is 38.3 Å². The first kappa shape index (κ1) is 10.8. The Bertz CT molecular complexity index is 319. The minimum atomic E-state index is -0.642. The van der Waals surface area contributed by atoms with Crippen LogP contribution in [-0.2, 0) is 4.74 Å². The molecule has 0 radical (unpaired) electrons. The first-order valence-corrected chi connectivity index (χ1v) is 4.51. The van der Waals surface area contributed by atoms with E-state index in [1.807, 2.05) is 0 Å². The first-order chi connectivity index (χ1) is 6.72. The Hall–Kier alpha value is -1.29. The van der Waals surface area contributed by atoms with E-state index in [1.165, 1.54) is 18.2 Å². The van der Waals surface area contributed by atoms with E-state index in [4.69, 9.17) is 11.6 Å². The van der Waals surface area contributed by atoms with Gasteiger partial charge in [-0.15, -0.1) is 11.6 Å². The second kappa shape index (κ2) is 5.44. The average Bonchev–Trinajstić information content (AvgIpc) is 2.15. The first-order valence-electron chi connectivity index (χ1n) is 3.97. The average molecular weight is 218 g/mol. The zero-order valence-corrected chi connectivity index (χ0v) is 8.05. The van der Waals surface area contributed by atoms with E-state index in [2.05, 4.69) is 10.1 Å². The second-order valence-electron chi connectivity index (χ2n) is 2.46. The molecule has 0 aliphatic heterocycles. The van der Waals surface area contributed by atoms with Crippen LogP contribution in [0.5, 0.6) is 0 Å². The fourth-order valence-corrected chi connectivity index (χ4v) is 0.929. The fraction of sp³-hybridized carbons (Fsp3) is 0.222. The van der Waals surface area contributed by atoms with Crippen LogP contribution in [0.4, 0.5) is 14.9 Å². The van der Waals surface area contributed by atoms with Gasteiger partial charge in [-0.1, -0.05) is 6.07 Å². The van der Waals surface area contributed by atoms with E-state index < -0.39 is 11.9 Å². The van der Waals surface area contributed by atoms with Gasteiger partial charge in [0.25, 0.3) is 0 Å². The van der Waals surface area contributed by atoms with Crippen LogP contribution in [0.15, 0.2) is 24.3 Å². The van der Waals surface area contributed by atoms with Gasteiger partial charge in [-0.2, -0.15) is 0 Å². The van der Waals surface area contributed by atoms with Crippen molar-refractivity contribution in [2.75, 3.05) is 17.8 Å². The Balaban J connectivity index is 2.47. The maximum absolute atomic E-state index is 12.7. The number of alkyl halides is 1. The van der Waals surface area contributed by atoms with Crippen LogP contribution in [0.25, 0.3) is 0 Å². The quantitative estimate of drug-likeness (QED) is 0.791. The number of hydrogen-bond donors (Lipinski definition) is 1. The summed E-state index contributed by atoms with van der Waals surface area (Å²) < 4.78 is 17.3. The molecular weight excluding hydrogens is 209 g/mol. The fourth-order valence-electron chi connectivity index (χ4n) is 0.851. The molecule has 0 saturated carbocycles. The minimum Gasteiger partial charge on any atom is -0.448 e. The molecule has 76 valence electrons. The second-order valence-corrected chi connectivity index (χ2v) is 2.84. The summed E-state index contributed by atoms with van der Waals surface area (Å²) in [5.41, 5.74) is 0.351. The lowest BCUT2D eigenvalue weighted by molar-refractivity contribution is 0.168. The van der Waals surface area contributed by atoms with Crippen molar-refractivity contribution in [3.05, 3.63) is 30.1 Å². The Kier molecular flexibility index (Phi) is 4.19. The predicted molar refractivity (Wildman–Crippen MR) is 52.1 cm³/mol. The largest absolute Gasteiger partial charge is 0.448 e. The maximum Gasteiger partial charge on any atom is 0.411 e. The minimum absolute atomic E-state index is 0.128. The third-order valence-corrected chi connectivity index (χ3v) is 1.54. The predicted octanol–water partition coefficient (Wildman–Crippen LogP) is 2.61. The van der Waals surface area contributed by atoms with Crippen molar-refractivity contribution >= 4 is 23.4 Å². The standard InChI is InChI=1S/C9H9ClFNO2/c10-4-5-14-9(13)12-8-3-1-2-7(11)6-8/h1-3,6H,4-5H2,(H,12,13). The summed E-state index contributed by atoms with van der Waals surface area (Å²) in [6, 6.07) is 5.54. The summed E-state index contributed by atoms with van der Waals surface area (Å²) in [6.07, 6.45) is -0.642.